The van der Waals surface area contributed by atoms with E-state index in [4.69, 9.17) is 0 Å². The first kappa shape index (κ1) is 6.21. The molecule has 42 valence electrons. The van der Waals surface area contributed by atoms with Crippen molar-refractivity contribution in [3.05, 3.63) is 30.3 Å². The van der Waals surface area contributed by atoms with Crippen LogP contribution in [0.3, 0.4) is 0 Å². The van der Waals surface area contributed by atoms with Gasteiger partial charge in [0.2, 0.25) is 0 Å². The van der Waals surface area contributed by atoms with Gasteiger partial charge in [-0.15, -0.1) is 0 Å². The summed E-state index contributed by atoms with van der Waals surface area (Å²) in [7, 11) is 0. The van der Waals surface area contributed by atoms with Gasteiger partial charge < -0.3 is 0 Å². The van der Waals surface area contributed by atoms with Crippen LogP contribution in [0, 0.1) is 0 Å². The van der Waals surface area contributed by atoms with E-state index < -0.39 is 0 Å². The van der Waals surface area contributed by atoms with Gasteiger partial charge in [0, 0.05) is 0 Å². The fraction of sp³-hybridized carbons (Fsp3) is 0. The monoisotopic (exact) mass is 190 g/mol. The molecule has 1 aromatic rings. The van der Waals surface area contributed by atoms with Gasteiger partial charge in [-0.25, -0.2) is 0 Å². The van der Waals surface area contributed by atoms with Crippen LogP contribution < -0.4 is 4.46 Å². The van der Waals surface area contributed by atoms with Crippen LogP contribution >= 0.6 is 11.0 Å². The zero-order valence-electron chi connectivity index (χ0n) is 4.24. The SMILES string of the molecule is S[Se]c1ccccc1. The fourth-order valence-electron chi connectivity index (χ4n) is 0.481. The van der Waals surface area contributed by atoms with Crippen molar-refractivity contribution in [1.29, 1.82) is 0 Å². The second-order valence-corrected chi connectivity index (χ2v) is 3.73. The molecule has 1 aromatic carbocycles. The van der Waals surface area contributed by atoms with Gasteiger partial charge in [-0.05, 0) is 0 Å². The molecule has 8 heavy (non-hydrogen) atoms. The van der Waals surface area contributed by atoms with E-state index in [0.717, 1.165) is 0 Å². The quantitative estimate of drug-likeness (QED) is 0.491. The molecular weight excluding hydrogens is 183 g/mol. The van der Waals surface area contributed by atoms with Crippen LogP contribution in [0.25, 0.3) is 0 Å². The molecule has 0 aliphatic rings. The van der Waals surface area contributed by atoms with Gasteiger partial charge in [0.1, 0.15) is 0 Å². The Morgan fingerprint density at radius 1 is 1.12 bits per heavy atom. The third kappa shape index (κ3) is 1.55. The van der Waals surface area contributed by atoms with Crippen molar-refractivity contribution >= 4 is 29.3 Å². The first-order valence-corrected chi connectivity index (χ1v) is 5.82. The predicted molar refractivity (Wildman–Crippen MR) is 40.8 cm³/mol. The number of thiol groups is 1. The van der Waals surface area contributed by atoms with E-state index in [2.05, 4.69) is 23.2 Å². The molecule has 0 amide bonds. The zero-order chi connectivity index (χ0) is 5.82. The predicted octanol–water partition coefficient (Wildman–Crippen LogP) is 0.861. The number of hydrogen-bond acceptors (Lipinski definition) is 1. The standard InChI is InChI=1S/C6H6SSe/c7-8-6-4-2-1-3-5-6/h1-5,7H. The van der Waals surface area contributed by atoms with Gasteiger partial charge in [0.25, 0.3) is 0 Å². The molecule has 0 radical (unpaired) electrons. The third-order valence-electron chi connectivity index (χ3n) is 0.849. The van der Waals surface area contributed by atoms with E-state index in [1.54, 1.807) is 0 Å². The molecule has 0 aromatic heterocycles. The van der Waals surface area contributed by atoms with Crippen LogP contribution in [0.2, 0.25) is 0 Å². The molecule has 2 heteroatoms. The maximum atomic E-state index is 4.17. The molecule has 0 atom stereocenters. The van der Waals surface area contributed by atoms with Gasteiger partial charge in [0.15, 0.2) is 0 Å². The summed E-state index contributed by atoms with van der Waals surface area (Å²) in [6.07, 6.45) is 0. The summed E-state index contributed by atoms with van der Waals surface area (Å²) in [5.41, 5.74) is 0. The first-order chi connectivity index (χ1) is 3.93. The van der Waals surface area contributed by atoms with Crippen molar-refractivity contribution < 1.29 is 0 Å². The second kappa shape index (κ2) is 3.18. The van der Waals surface area contributed by atoms with E-state index in [0.29, 0.717) is 13.8 Å². The van der Waals surface area contributed by atoms with Crippen LogP contribution in [-0.2, 0) is 0 Å². The van der Waals surface area contributed by atoms with Gasteiger partial charge >= 0.3 is 59.7 Å². The average Bonchev–Trinajstić information content (AvgIpc) is 1.90. The number of benzene rings is 1. The van der Waals surface area contributed by atoms with Crippen molar-refractivity contribution in [2.75, 3.05) is 0 Å². The van der Waals surface area contributed by atoms with Crippen LogP contribution in [0.5, 0.6) is 0 Å². The Labute approximate surface area is 59.9 Å². The Balaban J connectivity index is 2.83. The summed E-state index contributed by atoms with van der Waals surface area (Å²) in [5, 5.41) is 0. The summed E-state index contributed by atoms with van der Waals surface area (Å²) in [4.78, 5) is 0. The summed E-state index contributed by atoms with van der Waals surface area (Å²) in [5.74, 6) is 0. The molecule has 0 saturated carbocycles. The molecule has 0 nitrogen and oxygen atoms in total. The van der Waals surface area contributed by atoms with Gasteiger partial charge in [-0.3, -0.25) is 0 Å². The number of hydrogen-bond donors (Lipinski definition) is 1. The van der Waals surface area contributed by atoms with E-state index in [1.165, 1.54) is 4.46 Å². The van der Waals surface area contributed by atoms with Gasteiger partial charge in [-0.2, -0.15) is 0 Å². The Kier molecular flexibility index (Phi) is 2.47. The van der Waals surface area contributed by atoms with Crippen LogP contribution in [-0.4, -0.2) is 13.8 Å². The Bertz CT molecular complexity index is 150. The zero-order valence-corrected chi connectivity index (χ0v) is 6.85. The van der Waals surface area contributed by atoms with Gasteiger partial charge in [-0.1, -0.05) is 0 Å². The Morgan fingerprint density at radius 2 is 1.75 bits per heavy atom. The molecule has 0 aliphatic heterocycles. The summed E-state index contributed by atoms with van der Waals surface area (Å²) < 4.78 is 1.34. The molecule has 0 saturated heterocycles. The van der Waals surface area contributed by atoms with Crippen molar-refractivity contribution in [2.24, 2.45) is 0 Å². The minimum absolute atomic E-state index is 0.362. The number of rotatable bonds is 1. The van der Waals surface area contributed by atoms with Crippen molar-refractivity contribution in [2.45, 2.75) is 0 Å². The maximum absolute atomic E-state index is 4.17. The Hall–Kier alpha value is 0.0895. The van der Waals surface area contributed by atoms with Crippen molar-refractivity contribution in [1.82, 2.24) is 0 Å². The summed E-state index contributed by atoms with van der Waals surface area (Å²) >= 11 is 4.53. The van der Waals surface area contributed by atoms with Crippen LogP contribution in [0.1, 0.15) is 0 Å². The average molecular weight is 189 g/mol. The summed E-state index contributed by atoms with van der Waals surface area (Å²) in [6, 6.07) is 10.3. The molecule has 0 spiro atoms. The van der Waals surface area contributed by atoms with Crippen LogP contribution in [0.15, 0.2) is 30.3 Å². The molecule has 0 fully saturated rings. The molecule has 0 bridgehead atoms. The van der Waals surface area contributed by atoms with E-state index in [9.17, 15) is 0 Å². The first-order valence-electron chi connectivity index (χ1n) is 2.30. The van der Waals surface area contributed by atoms with Gasteiger partial charge in [0.05, 0.1) is 0 Å². The molecular formula is C6H6SSe. The van der Waals surface area contributed by atoms with E-state index >= 15 is 0 Å². The normalized spacial score (nSPS) is 9.12. The molecule has 0 aliphatic carbocycles. The summed E-state index contributed by atoms with van der Waals surface area (Å²) in [6.45, 7) is 0. The molecule has 0 unspecified atom stereocenters. The molecule has 0 N–H and O–H groups in total. The van der Waals surface area contributed by atoms with E-state index in [1.807, 2.05) is 18.2 Å². The van der Waals surface area contributed by atoms with Crippen molar-refractivity contribution in [3.63, 3.8) is 0 Å². The Morgan fingerprint density at radius 3 is 2.12 bits per heavy atom. The van der Waals surface area contributed by atoms with Crippen molar-refractivity contribution in [3.8, 4) is 0 Å². The minimum atomic E-state index is 0.362. The second-order valence-electron chi connectivity index (χ2n) is 1.40. The molecule has 1 rings (SSSR count). The molecule has 0 heterocycles. The van der Waals surface area contributed by atoms with E-state index in [-0.39, 0.29) is 0 Å². The third-order valence-corrected chi connectivity index (χ3v) is 2.96. The fourth-order valence-corrected chi connectivity index (χ4v) is 1.70. The van der Waals surface area contributed by atoms with Crippen LogP contribution in [0.4, 0.5) is 0 Å². The topological polar surface area (TPSA) is 0 Å².